The van der Waals surface area contributed by atoms with E-state index < -0.39 is 5.97 Å². The number of carboxylic acid groups (broad SMARTS) is 1. The van der Waals surface area contributed by atoms with Crippen molar-refractivity contribution in [1.82, 2.24) is 0 Å². The van der Waals surface area contributed by atoms with Crippen molar-refractivity contribution in [1.29, 1.82) is 0 Å². The molecule has 0 spiro atoms. The number of esters is 1. The topological polar surface area (TPSA) is 63.6 Å². The second-order valence-corrected chi connectivity index (χ2v) is 6.72. The van der Waals surface area contributed by atoms with Gasteiger partial charge < -0.3 is 9.84 Å². The molecule has 24 heavy (non-hydrogen) atoms. The van der Waals surface area contributed by atoms with E-state index in [4.69, 9.17) is 4.74 Å². The first kappa shape index (κ1) is 18.2. The summed E-state index contributed by atoms with van der Waals surface area (Å²) in [7, 11) is 0. The van der Waals surface area contributed by atoms with Gasteiger partial charge in [-0.05, 0) is 58.4 Å². The molecule has 2 rings (SSSR count). The van der Waals surface area contributed by atoms with Crippen molar-refractivity contribution in [3.05, 3.63) is 47.1 Å². The minimum atomic E-state index is -0.837. The van der Waals surface area contributed by atoms with Crippen LogP contribution in [0.3, 0.4) is 0 Å². The molecule has 0 unspecified atom stereocenters. The second kappa shape index (κ2) is 8.13. The Labute approximate surface area is 143 Å². The molecule has 1 heterocycles. The lowest BCUT2D eigenvalue weighted by molar-refractivity contribution is -0.137. The van der Waals surface area contributed by atoms with Crippen molar-refractivity contribution in [3.63, 3.8) is 0 Å². The van der Waals surface area contributed by atoms with Crippen molar-refractivity contribution in [2.45, 2.75) is 58.5 Å². The van der Waals surface area contributed by atoms with Gasteiger partial charge in [0.05, 0.1) is 0 Å². The summed E-state index contributed by atoms with van der Waals surface area (Å²) >= 11 is 0. The molecule has 0 saturated carbocycles. The van der Waals surface area contributed by atoms with E-state index in [9.17, 15) is 14.7 Å². The zero-order chi connectivity index (χ0) is 17.7. The SMILES string of the molecule is C=C1C(=O)O[C@@H]2/C=C(\C)CC/C=C(\C(=O)O)CC/C=C(\C)CC[C@@H]12. The molecule has 1 fully saturated rings. The predicted octanol–water partition coefficient (Wildman–Crippen LogP) is 4.34. The summed E-state index contributed by atoms with van der Waals surface area (Å²) in [5.74, 6) is -1.10. The molecule has 0 aromatic heterocycles. The quantitative estimate of drug-likeness (QED) is 0.441. The van der Waals surface area contributed by atoms with Gasteiger partial charge in [-0.3, -0.25) is 0 Å². The van der Waals surface area contributed by atoms with Crippen molar-refractivity contribution < 1.29 is 19.4 Å². The molecule has 1 aliphatic heterocycles. The van der Waals surface area contributed by atoms with Gasteiger partial charge in [-0.2, -0.15) is 0 Å². The van der Waals surface area contributed by atoms with Gasteiger partial charge in [-0.25, -0.2) is 9.59 Å². The average molecular weight is 330 g/mol. The third-order valence-corrected chi connectivity index (χ3v) is 4.76. The molecule has 4 nitrogen and oxygen atoms in total. The van der Waals surface area contributed by atoms with Crippen molar-refractivity contribution >= 4 is 11.9 Å². The summed E-state index contributed by atoms with van der Waals surface area (Å²) in [5.41, 5.74) is 3.36. The van der Waals surface area contributed by atoms with E-state index in [1.54, 1.807) is 0 Å². The molecule has 130 valence electrons. The van der Waals surface area contributed by atoms with Crippen LogP contribution in [0.25, 0.3) is 0 Å². The molecule has 0 radical (unpaired) electrons. The van der Waals surface area contributed by atoms with Crippen molar-refractivity contribution in [2.75, 3.05) is 0 Å². The number of rotatable bonds is 1. The first-order chi connectivity index (χ1) is 11.4. The zero-order valence-corrected chi connectivity index (χ0v) is 14.5. The maximum absolute atomic E-state index is 11.8. The van der Waals surface area contributed by atoms with E-state index in [0.717, 1.165) is 31.3 Å². The summed E-state index contributed by atoms with van der Waals surface area (Å²) in [6, 6.07) is 0. The Hall–Kier alpha value is -2.10. The van der Waals surface area contributed by atoms with Gasteiger partial charge in [0.1, 0.15) is 6.10 Å². The molecule has 0 bridgehead atoms. The largest absolute Gasteiger partial charge is 0.478 e. The van der Waals surface area contributed by atoms with Gasteiger partial charge in [-0.15, -0.1) is 0 Å². The van der Waals surface area contributed by atoms with Gasteiger partial charge in [-0.1, -0.05) is 29.9 Å². The minimum Gasteiger partial charge on any atom is -0.478 e. The molecule has 4 heteroatoms. The fourth-order valence-electron chi connectivity index (χ4n) is 3.21. The summed E-state index contributed by atoms with van der Waals surface area (Å²) in [6.07, 6.45) is 10.1. The predicted molar refractivity (Wildman–Crippen MR) is 93.4 cm³/mol. The molecule has 0 aromatic carbocycles. The average Bonchev–Trinajstić information content (AvgIpc) is 2.77. The van der Waals surface area contributed by atoms with Gasteiger partial charge in [0.15, 0.2) is 0 Å². The normalized spacial score (nSPS) is 33.0. The fraction of sp³-hybridized carbons (Fsp3) is 0.500. The summed E-state index contributed by atoms with van der Waals surface area (Å²) in [6.45, 7) is 7.95. The lowest BCUT2D eigenvalue weighted by Crippen LogP contribution is -2.15. The minimum absolute atomic E-state index is 0.0314. The van der Waals surface area contributed by atoms with Crippen LogP contribution in [-0.2, 0) is 14.3 Å². The number of hydrogen-bond donors (Lipinski definition) is 1. The van der Waals surface area contributed by atoms with Crippen LogP contribution in [-0.4, -0.2) is 23.1 Å². The fourth-order valence-corrected chi connectivity index (χ4v) is 3.21. The number of allylic oxidation sites excluding steroid dienone is 4. The Morgan fingerprint density at radius 2 is 1.88 bits per heavy atom. The highest BCUT2D eigenvalue weighted by Gasteiger charge is 2.36. The number of carboxylic acids is 1. The summed E-state index contributed by atoms with van der Waals surface area (Å²) < 4.78 is 5.46. The van der Waals surface area contributed by atoms with Gasteiger partial charge >= 0.3 is 11.9 Å². The van der Waals surface area contributed by atoms with Crippen LogP contribution in [0.5, 0.6) is 0 Å². The molecule has 1 N–H and O–H groups in total. The molecule has 2 atom stereocenters. The Bertz CT molecular complexity index is 622. The third kappa shape index (κ3) is 4.70. The number of aliphatic carboxylic acids is 1. The number of carbonyl (C=O) groups excluding carboxylic acids is 1. The highest BCUT2D eigenvalue weighted by molar-refractivity contribution is 5.91. The van der Waals surface area contributed by atoms with E-state index in [1.807, 2.05) is 26.0 Å². The van der Waals surface area contributed by atoms with Crippen LogP contribution < -0.4 is 0 Å². The number of fused-ring (bicyclic) bond motifs is 1. The highest BCUT2D eigenvalue weighted by Crippen LogP contribution is 2.33. The van der Waals surface area contributed by atoms with Crippen LogP contribution in [0, 0.1) is 5.92 Å². The Kier molecular flexibility index (Phi) is 6.18. The Balaban J connectivity index is 2.23. The molecule has 0 aromatic rings. The van der Waals surface area contributed by atoms with Crippen LogP contribution in [0.4, 0.5) is 0 Å². The van der Waals surface area contributed by atoms with Crippen LogP contribution in [0.1, 0.15) is 52.4 Å². The van der Waals surface area contributed by atoms with Gasteiger partial charge in [0, 0.05) is 17.1 Å². The first-order valence-electron chi connectivity index (χ1n) is 8.53. The van der Waals surface area contributed by atoms with Crippen LogP contribution in [0.2, 0.25) is 0 Å². The molecule has 1 saturated heterocycles. The Morgan fingerprint density at radius 3 is 2.58 bits per heavy atom. The maximum atomic E-state index is 11.8. The standard InChI is InChI=1S/C20H26O4/c1-13-6-4-8-16(19(21)22)9-5-7-14(2)12-18-17(11-10-13)15(3)20(23)24-18/h6,9,12,17-18H,3-5,7-8,10-11H2,1-2H3,(H,21,22)/b13-6+,14-12+,16-9-/t17-,18+/m0/s1. The second-order valence-electron chi connectivity index (χ2n) is 6.72. The van der Waals surface area contributed by atoms with Crippen molar-refractivity contribution in [2.24, 2.45) is 5.92 Å². The van der Waals surface area contributed by atoms with E-state index >= 15 is 0 Å². The zero-order valence-electron chi connectivity index (χ0n) is 14.5. The smallest absolute Gasteiger partial charge is 0.334 e. The van der Waals surface area contributed by atoms with Gasteiger partial charge in [0.2, 0.25) is 0 Å². The molecule has 2 aliphatic rings. The number of hydrogen-bond acceptors (Lipinski definition) is 3. The number of carbonyl (C=O) groups is 2. The van der Waals surface area contributed by atoms with Crippen LogP contribution in [0.15, 0.2) is 47.1 Å². The lowest BCUT2D eigenvalue weighted by atomic mass is 9.89. The number of ether oxygens (including phenoxy) is 1. The van der Waals surface area contributed by atoms with Crippen LogP contribution >= 0.6 is 0 Å². The van der Waals surface area contributed by atoms with E-state index in [0.29, 0.717) is 24.0 Å². The van der Waals surface area contributed by atoms with Crippen molar-refractivity contribution in [3.8, 4) is 0 Å². The van der Waals surface area contributed by atoms with E-state index in [-0.39, 0.29) is 18.0 Å². The summed E-state index contributed by atoms with van der Waals surface area (Å²) in [5, 5.41) is 9.29. The highest BCUT2D eigenvalue weighted by atomic mass is 16.5. The van der Waals surface area contributed by atoms with Gasteiger partial charge in [0.25, 0.3) is 0 Å². The summed E-state index contributed by atoms with van der Waals surface area (Å²) in [4.78, 5) is 23.2. The Morgan fingerprint density at radius 1 is 1.17 bits per heavy atom. The molecular weight excluding hydrogens is 304 g/mol. The first-order valence-corrected chi connectivity index (χ1v) is 8.53. The molecule has 1 aliphatic carbocycles. The molecule has 0 amide bonds. The van der Waals surface area contributed by atoms with E-state index in [2.05, 4.69) is 12.7 Å². The van der Waals surface area contributed by atoms with E-state index in [1.165, 1.54) is 5.57 Å². The lowest BCUT2D eigenvalue weighted by Gasteiger charge is -2.16. The molecular formula is C20H26O4. The monoisotopic (exact) mass is 330 g/mol. The maximum Gasteiger partial charge on any atom is 0.334 e. The third-order valence-electron chi connectivity index (χ3n) is 4.76.